The van der Waals surface area contributed by atoms with E-state index in [1.165, 1.54) is 6.07 Å². The van der Waals surface area contributed by atoms with Crippen LogP contribution in [0.5, 0.6) is 0 Å². The lowest BCUT2D eigenvalue weighted by Gasteiger charge is -2.16. The van der Waals surface area contributed by atoms with Crippen molar-refractivity contribution in [1.82, 2.24) is 4.90 Å². The SMILES string of the molecule is Cc1c(NCCC(=O)N2CCCC2)cccc1[N+](=O)[O-]. The van der Waals surface area contributed by atoms with Gasteiger partial charge in [0.05, 0.1) is 4.92 Å². The van der Waals surface area contributed by atoms with Crippen molar-refractivity contribution < 1.29 is 9.72 Å². The molecule has 0 saturated carbocycles. The van der Waals surface area contributed by atoms with Gasteiger partial charge in [0.1, 0.15) is 0 Å². The summed E-state index contributed by atoms with van der Waals surface area (Å²) < 4.78 is 0. The zero-order valence-electron chi connectivity index (χ0n) is 11.6. The van der Waals surface area contributed by atoms with Crippen LogP contribution in [0.15, 0.2) is 18.2 Å². The quantitative estimate of drug-likeness (QED) is 0.662. The molecule has 6 nitrogen and oxygen atoms in total. The van der Waals surface area contributed by atoms with Gasteiger partial charge >= 0.3 is 0 Å². The van der Waals surface area contributed by atoms with Crippen molar-refractivity contribution in [2.45, 2.75) is 26.2 Å². The van der Waals surface area contributed by atoms with E-state index in [1.54, 1.807) is 19.1 Å². The summed E-state index contributed by atoms with van der Waals surface area (Å²) >= 11 is 0. The number of carbonyl (C=O) groups is 1. The first-order valence-corrected chi connectivity index (χ1v) is 6.85. The van der Waals surface area contributed by atoms with Gasteiger partial charge in [-0.05, 0) is 25.8 Å². The van der Waals surface area contributed by atoms with E-state index in [0.717, 1.165) is 25.9 Å². The number of likely N-dealkylation sites (tertiary alicyclic amines) is 1. The van der Waals surface area contributed by atoms with Crippen molar-refractivity contribution in [2.24, 2.45) is 0 Å². The molecule has 20 heavy (non-hydrogen) atoms. The molecule has 0 aliphatic carbocycles. The highest BCUT2D eigenvalue weighted by molar-refractivity contribution is 5.77. The van der Waals surface area contributed by atoms with Crippen molar-refractivity contribution in [2.75, 3.05) is 25.0 Å². The minimum absolute atomic E-state index is 0.0980. The minimum Gasteiger partial charge on any atom is -0.384 e. The Bertz CT molecular complexity index is 510. The van der Waals surface area contributed by atoms with Crippen molar-refractivity contribution in [3.8, 4) is 0 Å². The summed E-state index contributed by atoms with van der Waals surface area (Å²) in [4.78, 5) is 24.2. The molecule has 2 rings (SSSR count). The number of anilines is 1. The number of hydrogen-bond donors (Lipinski definition) is 1. The Hall–Kier alpha value is -2.11. The molecule has 1 aromatic carbocycles. The summed E-state index contributed by atoms with van der Waals surface area (Å²) in [7, 11) is 0. The largest absolute Gasteiger partial charge is 0.384 e. The lowest BCUT2D eigenvalue weighted by molar-refractivity contribution is -0.385. The first-order chi connectivity index (χ1) is 9.59. The molecule has 1 aliphatic rings. The predicted molar refractivity (Wildman–Crippen MR) is 76.8 cm³/mol. The highest BCUT2D eigenvalue weighted by Gasteiger charge is 2.17. The molecule has 1 aromatic rings. The lowest BCUT2D eigenvalue weighted by Crippen LogP contribution is -2.29. The van der Waals surface area contributed by atoms with Gasteiger partial charge in [-0.25, -0.2) is 0 Å². The molecule has 1 heterocycles. The van der Waals surface area contributed by atoms with Gasteiger partial charge < -0.3 is 10.2 Å². The molecule has 1 amide bonds. The fourth-order valence-corrected chi connectivity index (χ4v) is 2.44. The molecular weight excluding hydrogens is 258 g/mol. The second kappa shape index (κ2) is 6.36. The van der Waals surface area contributed by atoms with Gasteiger partial charge in [0.2, 0.25) is 5.91 Å². The Labute approximate surface area is 117 Å². The number of nitrogens with one attached hydrogen (secondary N) is 1. The average molecular weight is 277 g/mol. The van der Waals surface area contributed by atoms with Crippen molar-refractivity contribution in [3.63, 3.8) is 0 Å². The number of carbonyl (C=O) groups excluding carboxylic acids is 1. The molecule has 0 bridgehead atoms. The molecule has 0 atom stereocenters. The summed E-state index contributed by atoms with van der Waals surface area (Å²) in [6.45, 7) is 3.92. The highest BCUT2D eigenvalue weighted by Crippen LogP contribution is 2.24. The molecule has 0 unspecified atom stereocenters. The molecule has 0 aromatic heterocycles. The van der Waals surface area contributed by atoms with Crippen LogP contribution in [0, 0.1) is 17.0 Å². The number of hydrogen-bond acceptors (Lipinski definition) is 4. The smallest absolute Gasteiger partial charge is 0.274 e. The number of nitrogens with zero attached hydrogens (tertiary/aromatic N) is 2. The number of nitro benzene ring substituents is 1. The van der Waals surface area contributed by atoms with Gasteiger partial charge in [-0.3, -0.25) is 14.9 Å². The first kappa shape index (κ1) is 14.3. The van der Waals surface area contributed by atoms with Crippen LogP contribution in [0.4, 0.5) is 11.4 Å². The normalized spacial score (nSPS) is 14.3. The molecule has 6 heteroatoms. The third-order valence-electron chi connectivity index (χ3n) is 3.61. The summed E-state index contributed by atoms with van der Waals surface area (Å²) in [6, 6.07) is 4.92. The summed E-state index contributed by atoms with van der Waals surface area (Å²) in [5.74, 6) is 0.151. The van der Waals surface area contributed by atoms with E-state index < -0.39 is 4.92 Å². The molecule has 1 saturated heterocycles. The van der Waals surface area contributed by atoms with E-state index in [9.17, 15) is 14.9 Å². The van der Waals surface area contributed by atoms with E-state index in [-0.39, 0.29) is 11.6 Å². The Kier molecular flexibility index (Phi) is 4.55. The van der Waals surface area contributed by atoms with Crippen molar-refractivity contribution >= 4 is 17.3 Å². The van der Waals surface area contributed by atoms with Crippen LogP contribution >= 0.6 is 0 Å². The van der Waals surface area contributed by atoms with Crippen LogP contribution in [0.3, 0.4) is 0 Å². The summed E-state index contributed by atoms with van der Waals surface area (Å²) in [5.41, 5.74) is 1.42. The number of nitro groups is 1. The Morgan fingerprint density at radius 3 is 2.75 bits per heavy atom. The molecule has 1 fully saturated rings. The predicted octanol–water partition coefficient (Wildman–Crippen LogP) is 2.33. The summed E-state index contributed by atoms with van der Waals surface area (Å²) in [6.07, 6.45) is 2.59. The van der Waals surface area contributed by atoms with Gasteiger partial charge in [0.15, 0.2) is 0 Å². The standard InChI is InChI=1S/C14H19N3O3/c1-11-12(5-4-6-13(11)17(19)20)15-8-7-14(18)16-9-2-3-10-16/h4-6,15H,2-3,7-10H2,1H3. The number of benzene rings is 1. The van der Waals surface area contributed by atoms with E-state index in [4.69, 9.17) is 0 Å². The minimum atomic E-state index is -0.393. The van der Waals surface area contributed by atoms with Gasteiger partial charge in [-0.2, -0.15) is 0 Å². The Morgan fingerprint density at radius 1 is 1.40 bits per heavy atom. The summed E-state index contributed by atoms with van der Waals surface area (Å²) in [5, 5.41) is 14.0. The zero-order valence-corrected chi connectivity index (χ0v) is 11.6. The monoisotopic (exact) mass is 277 g/mol. The van der Waals surface area contributed by atoms with Crippen LogP contribution in [-0.4, -0.2) is 35.4 Å². The second-order valence-corrected chi connectivity index (χ2v) is 4.97. The third-order valence-corrected chi connectivity index (χ3v) is 3.61. The fraction of sp³-hybridized carbons (Fsp3) is 0.500. The van der Waals surface area contributed by atoms with E-state index in [2.05, 4.69) is 5.32 Å². The van der Waals surface area contributed by atoms with Crippen LogP contribution in [0.2, 0.25) is 0 Å². The van der Waals surface area contributed by atoms with Crippen LogP contribution < -0.4 is 5.32 Å². The number of amides is 1. The third kappa shape index (κ3) is 3.26. The highest BCUT2D eigenvalue weighted by atomic mass is 16.6. The van der Waals surface area contributed by atoms with Gasteiger partial charge in [0.25, 0.3) is 5.69 Å². The Morgan fingerprint density at radius 2 is 2.10 bits per heavy atom. The van der Waals surface area contributed by atoms with E-state index >= 15 is 0 Å². The van der Waals surface area contributed by atoms with Gasteiger partial charge in [-0.15, -0.1) is 0 Å². The molecule has 0 spiro atoms. The van der Waals surface area contributed by atoms with Gasteiger partial charge in [0, 0.05) is 43.4 Å². The van der Waals surface area contributed by atoms with Crippen LogP contribution in [0.1, 0.15) is 24.8 Å². The molecule has 108 valence electrons. The van der Waals surface area contributed by atoms with Crippen LogP contribution in [-0.2, 0) is 4.79 Å². The van der Waals surface area contributed by atoms with Crippen LogP contribution in [0.25, 0.3) is 0 Å². The molecular formula is C14H19N3O3. The molecule has 0 radical (unpaired) electrons. The maximum Gasteiger partial charge on any atom is 0.274 e. The maximum absolute atomic E-state index is 11.9. The molecule has 1 aliphatic heterocycles. The first-order valence-electron chi connectivity index (χ1n) is 6.85. The fourth-order valence-electron chi connectivity index (χ4n) is 2.44. The topological polar surface area (TPSA) is 75.5 Å². The number of rotatable bonds is 5. The Balaban J connectivity index is 1.89. The molecule has 1 N–H and O–H groups in total. The van der Waals surface area contributed by atoms with Crippen molar-refractivity contribution in [3.05, 3.63) is 33.9 Å². The lowest BCUT2D eigenvalue weighted by atomic mass is 10.1. The van der Waals surface area contributed by atoms with Crippen molar-refractivity contribution in [1.29, 1.82) is 0 Å². The average Bonchev–Trinajstić information content (AvgIpc) is 2.94. The van der Waals surface area contributed by atoms with Gasteiger partial charge in [-0.1, -0.05) is 6.07 Å². The zero-order chi connectivity index (χ0) is 14.5. The van der Waals surface area contributed by atoms with E-state index in [1.807, 2.05) is 4.90 Å². The maximum atomic E-state index is 11.9. The second-order valence-electron chi connectivity index (χ2n) is 4.97. The van der Waals surface area contributed by atoms with E-state index in [0.29, 0.717) is 24.2 Å².